The third-order valence-electron chi connectivity index (χ3n) is 5.38. The van der Waals surface area contributed by atoms with E-state index in [2.05, 4.69) is 22.6 Å². The summed E-state index contributed by atoms with van der Waals surface area (Å²) in [5, 5.41) is 0.404. The molecule has 2 saturated heterocycles. The molecule has 2 heterocycles. The number of imide groups is 1. The SMILES string of the molecule is O=C1CC(N(CC2CCCO2)S(=O)(=O)c2ccc(Cl)cc2)C(=O)N1c1ccc(I)cc1. The molecule has 0 radical (unpaired) electrons. The van der Waals surface area contributed by atoms with Gasteiger partial charge in [0, 0.05) is 21.7 Å². The van der Waals surface area contributed by atoms with Gasteiger partial charge in [0.15, 0.2) is 0 Å². The number of carbonyl (C=O) groups excluding carboxylic acids is 2. The van der Waals surface area contributed by atoms with E-state index in [0.29, 0.717) is 23.7 Å². The van der Waals surface area contributed by atoms with Crippen molar-refractivity contribution in [2.75, 3.05) is 18.1 Å². The van der Waals surface area contributed by atoms with Gasteiger partial charge in [0.05, 0.1) is 23.1 Å². The van der Waals surface area contributed by atoms with Crippen molar-refractivity contribution in [1.29, 1.82) is 0 Å². The lowest BCUT2D eigenvalue weighted by atomic mass is 10.2. The third-order valence-corrected chi connectivity index (χ3v) is 8.24. The second-order valence-corrected chi connectivity index (χ2v) is 11.0. The molecule has 2 aromatic carbocycles. The number of halogens is 2. The van der Waals surface area contributed by atoms with E-state index in [4.69, 9.17) is 16.3 Å². The summed E-state index contributed by atoms with van der Waals surface area (Å²) in [4.78, 5) is 27.1. The Bertz CT molecular complexity index is 1090. The first kappa shape index (κ1) is 22.7. The van der Waals surface area contributed by atoms with Crippen molar-refractivity contribution in [3.63, 3.8) is 0 Å². The molecule has 2 fully saturated rings. The highest BCUT2D eigenvalue weighted by molar-refractivity contribution is 14.1. The average molecular weight is 575 g/mol. The normalized spacial score (nSPS) is 22.0. The summed E-state index contributed by atoms with van der Waals surface area (Å²) in [6.07, 6.45) is 0.982. The zero-order valence-corrected chi connectivity index (χ0v) is 20.1. The number of hydrogen-bond donors (Lipinski definition) is 0. The molecule has 31 heavy (non-hydrogen) atoms. The van der Waals surface area contributed by atoms with E-state index >= 15 is 0 Å². The molecule has 164 valence electrons. The van der Waals surface area contributed by atoms with Gasteiger partial charge in [-0.05, 0) is 84.0 Å². The number of carbonyl (C=O) groups is 2. The van der Waals surface area contributed by atoms with Crippen LogP contribution in [-0.4, -0.2) is 49.8 Å². The molecule has 2 amide bonds. The fourth-order valence-electron chi connectivity index (χ4n) is 3.83. The molecule has 0 aromatic heterocycles. The lowest BCUT2D eigenvalue weighted by molar-refractivity contribution is -0.122. The van der Waals surface area contributed by atoms with Crippen molar-refractivity contribution in [2.24, 2.45) is 0 Å². The van der Waals surface area contributed by atoms with Crippen LogP contribution in [0.1, 0.15) is 19.3 Å². The largest absolute Gasteiger partial charge is 0.377 e. The molecule has 4 rings (SSSR count). The van der Waals surface area contributed by atoms with Crippen molar-refractivity contribution >= 4 is 61.7 Å². The van der Waals surface area contributed by atoms with Crippen LogP contribution in [0.2, 0.25) is 5.02 Å². The Labute approximate surface area is 199 Å². The Morgan fingerprint density at radius 2 is 1.77 bits per heavy atom. The molecule has 0 aliphatic carbocycles. The molecule has 10 heteroatoms. The van der Waals surface area contributed by atoms with E-state index in [9.17, 15) is 18.0 Å². The minimum atomic E-state index is -4.06. The standard InChI is InChI=1S/C21H20ClIN2O5S/c22-14-3-9-18(10-4-14)31(28,29)24(13-17-2-1-11-30-17)19-12-20(26)25(21(19)27)16-7-5-15(23)6-8-16/h3-10,17,19H,1-2,11-13H2. The molecule has 2 unspecified atom stereocenters. The number of hydrogen-bond acceptors (Lipinski definition) is 5. The number of benzene rings is 2. The number of ether oxygens (including phenoxy) is 1. The molecule has 2 atom stereocenters. The van der Waals surface area contributed by atoms with Crippen LogP contribution < -0.4 is 4.90 Å². The molecular formula is C21H20ClIN2O5S. The van der Waals surface area contributed by atoms with Crippen LogP contribution in [0.3, 0.4) is 0 Å². The van der Waals surface area contributed by atoms with Gasteiger partial charge >= 0.3 is 0 Å². The van der Waals surface area contributed by atoms with Gasteiger partial charge in [-0.1, -0.05) is 11.6 Å². The lowest BCUT2D eigenvalue weighted by Gasteiger charge is -2.29. The minimum absolute atomic E-state index is 0.00910. The monoisotopic (exact) mass is 574 g/mol. The molecule has 2 aromatic rings. The highest BCUT2D eigenvalue weighted by Crippen LogP contribution is 2.31. The first-order chi connectivity index (χ1) is 14.8. The zero-order valence-electron chi connectivity index (χ0n) is 16.4. The number of amides is 2. The summed E-state index contributed by atoms with van der Waals surface area (Å²) < 4.78 is 34.7. The predicted molar refractivity (Wildman–Crippen MR) is 124 cm³/mol. The zero-order chi connectivity index (χ0) is 22.2. The van der Waals surface area contributed by atoms with E-state index < -0.39 is 27.9 Å². The summed E-state index contributed by atoms with van der Waals surface area (Å²) >= 11 is 8.04. The fourth-order valence-corrected chi connectivity index (χ4v) is 5.92. The van der Waals surface area contributed by atoms with Gasteiger partial charge < -0.3 is 4.74 Å². The summed E-state index contributed by atoms with van der Waals surface area (Å²) in [5.41, 5.74) is 0.430. The highest BCUT2D eigenvalue weighted by Gasteiger charge is 2.47. The maximum Gasteiger partial charge on any atom is 0.252 e. The van der Waals surface area contributed by atoms with Crippen molar-refractivity contribution in [1.82, 2.24) is 4.31 Å². The van der Waals surface area contributed by atoms with Crippen LogP contribution in [0.25, 0.3) is 0 Å². The van der Waals surface area contributed by atoms with Crippen LogP contribution >= 0.6 is 34.2 Å². The van der Waals surface area contributed by atoms with Crippen molar-refractivity contribution in [2.45, 2.75) is 36.3 Å². The van der Waals surface area contributed by atoms with Gasteiger partial charge in [0.2, 0.25) is 15.9 Å². The summed E-state index contributed by atoms with van der Waals surface area (Å²) in [5.74, 6) is -0.985. The Hall–Kier alpha value is -1.53. The van der Waals surface area contributed by atoms with Gasteiger partial charge in [-0.25, -0.2) is 13.3 Å². The molecule has 0 saturated carbocycles. The molecule has 0 N–H and O–H groups in total. The fraction of sp³-hybridized carbons (Fsp3) is 0.333. The highest BCUT2D eigenvalue weighted by atomic mass is 127. The quantitative estimate of drug-likeness (QED) is 0.390. The first-order valence-corrected chi connectivity index (χ1v) is 12.7. The summed E-state index contributed by atoms with van der Waals surface area (Å²) in [6, 6.07) is 11.6. The molecule has 0 bridgehead atoms. The Morgan fingerprint density at radius 1 is 1.10 bits per heavy atom. The van der Waals surface area contributed by atoms with E-state index in [1.165, 1.54) is 24.3 Å². The van der Waals surface area contributed by atoms with Gasteiger partial charge in [0.1, 0.15) is 6.04 Å². The molecule has 2 aliphatic rings. The predicted octanol–water partition coefficient (Wildman–Crippen LogP) is 3.45. The second-order valence-electron chi connectivity index (χ2n) is 7.43. The van der Waals surface area contributed by atoms with E-state index in [1.807, 2.05) is 0 Å². The number of sulfonamides is 1. The summed E-state index contributed by atoms with van der Waals surface area (Å²) in [6.45, 7) is 0.557. The number of anilines is 1. The van der Waals surface area contributed by atoms with Crippen LogP contribution in [0.15, 0.2) is 53.4 Å². The van der Waals surface area contributed by atoms with Crippen molar-refractivity contribution in [3.8, 4) is 0 Å². The van der Waals surface area contributed by atoms with Crippen LogP contribution in [0, 0.1) is 3.57 Å². The number of rotatable bonds is 6. The molecular weight excluding hydrogens is 555 g/mol. The van der Waals surface area contributed by atoms with Gasteiger partial charge in [-0.2, -0.15) is 4.31 Å². The van der Waals surface area contributed by atoms with Gasteiger partial charge in [0.25, 0.3) is 5.91 Å². The summed E-state index contributed by atoms with van der Waals surface area (Å²) in [7, 11) is -4.06. The molecule has 0 spiro atoms. The average Bonchev–Trinajstić information content (AvgIpc) is 3.35. The van der Waals surface area contributed by atoms with Gasteiger partial charge in [-0.15, -0.1) is 0 Å². The van der Waals surface area contributed by atoms with Crippen LogP contribution in [0.4, 0.5) is 5.69 Å². The minimum Gasteiger partial charge on any atom is -0.377 e. The number of nitrogens with zero attached hydrogens (tertiary/aromatic N) is 2. The van der Waals surface area contributed by atoms with E-state index in [0.717, 1.165) is 19.2 Å². The molecule has 2 aliphatic heterocycles. The van der Waals surface area contributed by atoms with Crippen LogP contribution in [-0.2, 0) is 24.3 Å². The lowest BCUT2D eigenvalue weighted by Crippen LogP contribution is -2.48. The first-order valence-electron chi connectivity index (χ1n) is 9.79. The van der Waals surface area contributed by atoms with E-state index in [1.54, 1.807) is 24.3 Å². The Kier molecular flexibility index (Phi) is 6.68. The Morgan fingerprint density at radius 3 is 2.39 bits per heavy atom. The van der Waals surface area contributed by atoms with Crippen LogP contribution in [0.5, 0.6) is 0 Å². The Balaban J connectivity index is 1.69. The topological polar surface area (TPSA) is 84.0 Å². The van der Waals surface area contributed by atoms with Crippen molar-refractivity contribution < 1.29 is 22.7 Å². The van der Waals surface area contributed by atoms with Crippen molar-refractivity contribution in [3.05, 3.63) is 57.1 Å². The van der Waals surface area contributed by atoms with Gasteiger partial charge in [-0.3, -0.25) is 9.59 Å². The smallest absolute Gasteiger partial charge is 0.252 e. The molecule has 7 nitrogen and oxygen atoms in total. The maximum atomic E-state index is 13.5. The maximum absolute atomic E-state index is 13.5. The third kappa shape index (κ3) is 4.65. The van der Waals surface area contributed by atoms with E-state index in [-0.39, 0.29) is 24.0 Å². The second kappa shape index (κ2) is 9.14.